The molecule has 3 heterocycles. The summed E-state index contributed by atoms with van der Waals surface area (Å²) in [6.45, 7) is 1.97. The molecule has 23 heavy (non-hydrogen) atoms. The van der Waals surface area contributed by atoms with Crippen molar-refractivity contribution in [3.63, 3.8) is 0 Å². The molecule has 0 amide bonds. The van der Waals surface area contributed by atoms with E-state index in [0.29, 0.717) is 5.76 Å². The number of carbonyl (C=O) groups excluding carboxylic acids is 2. The third kappa shape index (κ3) is 1.73. The van der Waals surface area contributed by atoms with Gasteiger partial charge in [0.1, 0.15) is 5.76 Å². The highest BCUT2D eigenvalue weighted by Crippen LogP contribution is 2.45. The molecular formula is C18H15NO4. The van der Waals surface area contributed by atoms with Crippen molar-refractivity contribution in [1.82, 2.24) is 4.57 Å². The first-order valence-electron chi connectivity index (χ1n) is 7.40. The molecule has 4 rings (SSSR count). The van der Waals surface area contributed by atoms with Crippen LogP contribution in [0.25, 0.3) is 10.9 Å². The van der Waals surface area contributed by atoms with Gasteiger partial charge in [0.25, 0.3) is 0 Å². The van der Waals surface area contributed by atoms with Crippen LogP contribution in [0.2, 0.25) is 0 Å². The predicted octanol–water partition coefficient (Wildman–Crippen LogP) is 3.12. The summed E-state index contributed by atoms with van der Waals surface area (Å²) < 4.78 is 12.0. The number of benzene rings is 1. The van der Waals surface area contributed by atoms with E-state index in [0.717, 1.165) is 22.2 Å². The van der Waals surface area contributed by atoms with Crippen molar-refractivity contribution in [3.8, 4) is 0 Å². The number of hydrogen-bond acceptors (Lipinski definition) is 4. The van der Waals surface area contributed by atoms with Crippen molar-refractivity contribution in [2.75, 3.05) is 7.11 Å². The summed E-state index contributed by atoms with van der Waals surface area (Å²) in [4.78, 5) is 25.2. The van der Waals surface area contributed by atoms with E-state index in [4.69, 9.17) is 9.15 Å². The first-order chi connectivity index (χ1) is 11.1. The van der Waals surface area contributed by atoms with E-state index in [1.807, 2.05) is 31.2 Å². The smallest absolute Gasteiger partial charge is 0.319 e. The number of furan rings is 1. The first-order valence-corrected chi connectivity index (χ1v) is 7.40. The molecule has 1 aromatic carbocycles. The standard InChI is InChI=1S/C18H15NO4/c1-10-11-6-3-4-7-12(11)19-16(10)14(13-8-5-9-23-13)15(17(19)20)18(21)22-2/h3-9,14-15H,1-2H3/t14-,15-/m1/s1. The van der Waals surface area contributed by atoms with E-state index in [-0.39, 0.29) is 5.91 Å². The van der Waals surface area contributed by atoms with Crippen LogP contribution in [0, 0.1) is 12.8 Å². The minimum absolute atomic E-state index is 0.266. The van der Waals surface area contributed by atoms with Crippen molar-refractivity contribution in [1.29, 1.82) is 0 Å². The zero-order valence-corrected chi connectivity index (χ0v) is 12.8. The minimum atomic E-state index is -0.913. The number of aryl methyl sites for hydroxylation is 1. The van der Waals surface area contributed by atoms with Gasteiger partial charge in [-0.1, -0.05) is 18.2 Å². The highest BCUT2D eigenvalue weighted by Gasteiger charge is 2.49. The van der Waals surface area contributed by atoms with Gasteiger partial charge in [-0.05, 0) is 30.7 Å². The van der Waals surface area contributed by atoms with Crippen LogP contribution in [0.1, 0.15) is 27.7 Å². The maximum Gasteiger partial charge on any atom is 0.319 e. The van der Waals surface area contributed by atoms with Gasteiger partial charge >= 0.3 is 5.97 Å². The number of para-hydroxylation sites is 1. The summed E-state index contributed by atoms with van der Waals surface area (Å²) in [6, 6.07) is 11.2. The number of rotatable bonds is 2. The largest absolute Gasteiger partial charge is 0.469 e. The van der Waals surface area contributed by atoms with E-state index >= 15 is 0 Å². The second-order valence-electron chi connectivity index (χ2n) is 5.69. The Morgan fingerprint density at radius 2 is 2.00 bits per heavy atom. The molecule has 0 saturated carbocycles. The van der Waals surface area contributed by atoms with E-state index in [2.05, 4.69) is 0 Å². The van der Waals surface area contributed by atoms with Gasteiger partial charge in [0.2, 0.25) is 5.91 Å². The highest BCUT2D eigenvalue weighted by molar-refractivity contribution is 6.08. The summed E-state index contributed by atoms with van der Waals surface area (Å²) in [7, 11) is 1.30. The van der Waals surface area contributed by atoms with Crippen LogP contribution in [-0.4, -0.2) is 23.6 Å². The molecule has 5 nitrogen and oxygen atoms in total. The number of esters is 1. The maximum atomic E-state index is 13.0. The van der Waals surface area contributed by atoms with Gasteiger partial charge in [0.15, 0.2) is 5.92 Å². The lowest BCUT2D eigenvalue weighted by Gasteiger charge is -2.14. The molecular weight excluding hydrogens is 294 g/mol. The first kappa shape index (κ1) is 13.8. The SMILES string of the molecule is COC(=O)[C@H]1C(=O)n2c(c(C)c3ccccc32)[C@@H]1c1ccco1. The molecule has 5 heteroatoms. The molecule has 2 aromatic heterocycles. The fraction of sp³-hybridized carbons (Fsp3) is 0.222. The zero-order chi connectivity index (χ0) is 16.1. The summed E-state index contributed by atoms with van der Waals surface area (Å²) in [5.74, 6) is -1.58. The van der Waals surface area contributed by atoms with Crippen molar-refractivity contribution in [2.24, 2.45) is 5.92 Å². The lowest BCUT2D eigenvalue weighted by molar-refractivity contribution is -0.144. The molecule has 0 N–H and O–H groups in total. The highest BCUT2D eigenvalue weighted by atomic mass is 16.5. The van der Waals surface area contributed by atoms with E-state index < -0.39 is 17.8 Å². The Kier molecular flexibility index (Phi) is 2.91. The Bertz CT molecular complexity index is 920. The molecule has 0 unspecified atom stereocenters. The number of ether oxygens (including phenoxy) is 1. The molecule has 0 radical (unpaired) electrons. The van der Waals surface area contributed by atoms with Crippen LogP contribution >= 0.6 is 0 Å². The van der Waals surface area contributed by atoms with Crippen molar-refractivity contribution < 1.29 is 18.7 Å². The normalized spacial score (nSPS) is 20.0. The van der Waals surface area contributed by atoms with E-state index in [1.54, 1.807) is 23.0 Å². The number of fused-ring (bicyclic) bond motifs is 3. The average Bonchev–Trinajstić information content (AvgIpc) is 3.25. The second kappa shape index (κ2) is 4.84. The summed E-state index contributed by atoms with van der Waals surface area (Å²) in [5, 5.41) is 1.01. The van der Waals surface area contributed by atoms with Gasteiger partial charge in [0, 0.05) is 11.1 Å². The van der Waals surface area contributed by atoms with Crippen LogP contribution in [-0.2, 0) is 9.53 Å². The van der Waals surface area contributed by atoms with Gasteiger partial charge in [-0.2, -0.15) is 0 Å². The third-order valence-electron chi connectivity index (χ3n) is 4.59. The fourth-order valence-electron chi connectivity index (χ4n) is 3.60. The fourth-order valence-corrected chi connectivity index (χ4v) is 3.60. The number of carbonyl (C=O) groups is 2. The van der Waals surface area contributed by atoms with Crippen molar-refractivity contribution in [2.45, 2.75) is 12.8 Å². The topological polar surface area (TPSA) is 61.4 Å². The van der Waals surface area contributed by atoms with Gasteiger partial charge in [-0.15, -0.1) is 0 Å². The number of hydrogen-bond donors (Lipinski definition) is 0. The average molecular weight is 309 g/mol. The second-order valence-corrected chi connectivity index (χ2v) is 5.69. The molecule has 0 fully saturated rings. The lowest BCUT2D eigenvalue weighted by Crippen LogP contribution is -2.27. The molecule has 2 atom stereocenters. The van der Waals surface area contributed by atoms with Crippen molar-refractivity contribution in [3.05, 3.63) is 59.7 Å². The number of methoxy groups -OCH3 is 1. The summed E-state index contributed by atoms with van der Waals surface area (Å²) >= 11 is 0. The molecule has 1 aliphatic rings. The molecule has 3 aromatic rings. The van der Waals surface area contributed by atoms with Gasteiger partial charge in [-0.25, -0.2) is 0 Å². The minimum Gasteiger partial charge on any atom is -0.469 e. The summed E-state index contributed by atoms with van der Waals surface area (Å²) in [5.41, 5.74) is 2.61. The van der Waals surface area contributed by atoms with Crippen LogP contribution in [0.15, 0.2) is 47.1 Å². The summed E-state index contributed by atoms with van der Waals surface area (Å²) in [6.07, 6.45) is 1.55. The van der Waals surface area contributed by atoms with E-state index in [9.17, 15) is 9.59 Å². The predicted molar refractivity (Wildman–Crippen MR) is 83.4 cm³/mol. The number of nitrogens with zero attached hydrogens (tertiary/aromatic N) is 1. The Labute approximate surface area is 132 Å². The third-order valence-corrected chi connectivity index (χ3v) is 4.59. The maximum absolute atomic E-state index is 13.0. The van der Waals surface area contributed by atoms with E-state index in [1.165, 1.54) is 7.11 Å². The molecule has 116 valence electrons. The lowest BCUT2D eigenvalue weighted by atomic mass is 9.88. The molecule has 0 saturated heterocycles. The Hall–Kier alpha value is -2.82. The quantitative estimate of drug-likeness (QED) is 0.539. The Morgan fingerprint density at radius 1 is 1.22 bits per heavy atom. The monoisotopic (exact) mass is 309 g/mol. The Balaban J connectivity index is 2.04. The van der Waals surface area contributed by atoms with Crippen LogP contribution in [0.4, 0.5) is 0 Å². The van der Waals surface area contributed by atoms with Gasteiger partial charge in [0.05, 0.1) is 24.8 Å². The van der Waals surface area contributed by atoms with Crippen molar-refractivity contribution >= 4 is 22.8 Å². The molecule has 0 bridgehead atoms. The molecule has 0 spiro atoms. The Morgan fingerprint density at radius 3 is 2.70 bits per heavy atom. The molecule has 1 aliphatic heterocycles. The van der Waals surface area contributed by atoms with Crippen LogP contribution in [0.5, 0.6) is 0 Å². The van der Waals surface area contributed by atoms with Gasteiger partial charge < -0.3 is 9.15 Å². The number of aromatic nitrogens is 1. The molecule has 0 aliphatic carbocycles. The zero-order valence-electron chi connectivity index (χ0n) is 12.8. The van der Waals surface area contributed by atoms with Crippen LogP contribution < -0.4 is 0 Å². The van der Waals surface area contributed by atoms with Crippen LogP contribution in [0.3, 0.4) is 0 Å². The van der Waals surface area contributed by atoms with Gasteiger partial charge in [-0.3, -0.25) is 14.2 Å².